The molecule has 1 aliphatic rings. The zero-order valence-electron chi connectivity index (χ0n) is 14.4. The third-order valence-electron chi connectivity index (χ3n) is 4.22. The van der Waals surface area contributed by atoms with E-state index in [9.17, 15) is 9.59 Å². The van der Waals surface area contributed by atoms with E-state index in [0.29, 0.717) is 39.4 Å². The Labute approximate surface area is 143 Å². The molecule has 0 aromatic heterocycles. The van der Waals surface area contributed by atoms with E-state index in [1.165, 1.54) is 0 Å². The maximum Gasteiger partial charge on any atom is 0.228 e. The molecule has 0 bridgehead atoms. The van der Waals surface area contributed by atoms with E-state index in [4.69, 9.17) is 9.47 Å². The van der Waals surface area contributed by atoms with Gasteiger partial charge in [-0.15, -0.1) is 0 Å². The highest BCUT2D eigenvalue weighted by atomic mass is 16.5. The third-order valence-corrected chi connectivity index (χ3v) is 4.22. The summed E-state index contributed by atoms with van der Waals surface area (Å²) in [6, 6.07) is 9.84. The summed E-state index contributed by atoms with van der Waals surface area (Å²) in [4.78, 5) is 28.5. The molecule has 0 aliphatic carbocycles. The Hall–Kier alpha value is -1.92. The van der Waals surface area contributed by atoms with Crippen molar-refractivity contribution in [3.05, 3.63) is 35.9 Å². The summed E-state index contributed by atoms with van der Waals surface area (Å²) in [5, 5.41) is 0. The number of benzene rings is 1. The fourth-order valence-electron chi connectivity index (χ4n) is 2.89. The van der Waals surface area contributed by atoms with Gasteiger partial charge in [0.2, 0.25) is 11.8 Å². The number of amides is 2. The van der Waals surface area contributed by atoms with Gasteiger partial charge in [0.15, 0.2) is 0 Å². The Morgan fingerprint density at radius 1 is 1.17 bits per heavy atom. The van der Waals surface area contributed by atoms with Gasteiger partial charge in [0.1, 0.15) is 0 Å². The van der Waals surface area contributed by atoms with E-state index in [2.05, 4.69) is 0 Å². The van der Waals surface area contributed by atoms with Gasteiger partial charge in [-0.1, -0.05) is 30.3 Å². The molecular weight excluding hydrogens is 308 g/mol. The topological polar surface area (TPSA) is 59.1 Å². The molecule has 1 unspecified atom stereocenters. The van der Waals surface area contributed by atoms with Gasteiger partial charge in [0, 0.05) is 46.8 Å². The van der Waals surface area contributed by atoms with Crippen molar-refractivity contribution >= 4 is 11.8 Å². The van der Waals surface area contributed by atoms with Crippen molar-refractivity contribution in [3.63, 3.8) is 0 Å². The number of carbonyl (C=O) groups is 2. The molecule has 132 valence electrons. The van der Waals surface area contributed by atoms with E-state index >= 15 is 0 Å². The van der Waals surface area contributed by atoms with Gasteiger partial charge in [-0.2, -0.15) is 0 Å². The Bertz CT molecular complexity index is 527. The molecule has 1 heterocycles. The lowest BCUT2D eigenvalue weighted by molar-refractivity contribution is -0.137. The second-order valence-corrected chi connectivity index (χ2v) is 5.97. The average molecular weight is 334 g/mol. The lowest BCUT2D eigenvalue weighted by Crippen LogP contribution is -2.41. The highest BCUT2D eigenvalue weighted by Crippen LogP contribution is 2.22. The van der Waals surface area contributed by atoms with Crippen LogP contribution in [0.15, 0.2) is 30.3 Å². The van der Waals surface area contributed by atoms with E-state index in [1.54, 1.807) is 24.0 Å². The zero-order chi connectivity index (χ0) is 17.4. The average Bonchev–Trinajstić information content (AvgIpc) is 2.96. The lowest BCUT2D eigenvalue weighted by atomic mass is 10.1. The number of carbonyl (C=O) groups excluding carboxylic acids is 2. The van der Waals surface area contributed by atoms with Crippen molar-refractivity contribution in [2.75, 3.05) is 47.1 Å². The molecule has 0 saturated carbocycles. The normalized spacial score (nSPS) is 17.3. The predicted octanol–water partition coefficient (Wildman–Crippen LogP) is 1.16. The fraction of sp³-hybridized carbons (Fsp3) is 0.556. The molecule has 6 nitrogen and oxygen atoms in total. The summed E-state index contributed by atoms with van der Waals surface area (Å²) in [6.45, 7) is 3.01. The van der Waals surface area contributed by atoms with Crippen LogP contribution in [0.1, 0.15) is 12.0 Å². The van der Waals surface area contributed by atoms with Gasteiger partial charge in [-0.3, -0.25) is 9.59 Å². The van der Waals surface area contributed by atoms with Crippen LogP contribution in [0.25, 0.3) is 0 Å². The Morgan fingerprint density at radius 2 is 1.79 bits per heavy atom. The number of likely N-dealkylation sites (tertiary alicyclic amines) is 1. The summed E-state index contributed by atoms with van der Waals surface area (Å²) in [5.41, 5.74) is 1.08. The number of rotatable bonds is 9. The van der Waals surface area contributed by atoms with Crippen molar-refractivity contribution < 1.29 is 19.1 Å². The molecular formula is C18H26N2O4. The molecule has 0 radical (unpaired) electrons. The van der Waals surface area contributed by atoms with Crippen LogP contribution in [0.3, 0.4) is 0 Å². The summed E-state index contributed by atoms with van der Waals surface area (Å²) >= 11 is 0. The molecule has 24 heavy (non-hydrogen) atoms. The molecule has 1 aliphatic heterocycles. The van der Waals surface area contributed by atoms with Crippen LogP contribution >= 0.6 is 0 Å². The Balaban J connectivity index is 1.95. The van der Waals surface area contributed by atoms with Crippen LogP contribution in [0.2, 0.25) is 0 Å². The standard InChI is InChI=1S/C18H26N2O4/c1-23-10-8-19(9-11-24-2)18(22)16-12-17(21)20(14-16)13-15-6-4-3-5-7-15/h3-7,16H,8-14H2,1-2H3. The first kappa shape index (κ1) is 18.4. The smallest absolute Gasteiger partial charge is 0.228 e. The summed E-state index contributed by atoms with van der Waals surface area (Å²) in [5.74, 6) is -0.237. The maximum absolute atomic E-state index is 12.7. The molecule has 6 heteroatoms. The second kappa shape index (κ2) is 9.39. The minimum atomic E-state index is -0.282. The first-order valence-electron chi connectivity index (χ1n) is 8.24. The second-order valence-electron chi connectivity index (χ2n) is 5.97. The summed E-state index contributed by atoms with van der Waals surface area (Å²) in [6.07, 6.45) is 0.280. The molecule has 1 fully saturated rings. The summed E-state index contributed by atoms with van der Waals surface area (Å²) in [7, 11) is 3.22. The highest BCUT2D eigenvalue weighted by Gasteiger charge is 2.36. The van der Waals surface area contributed by atoms with E-state index in [-0.39, 0.29) is 24.2 Å². The maximum atomic E-state index is 12.7. The number of methoxy groups -OCH3 is 2. The van der Waals surface area contributed by atoms with Crippen molar-refractivity contribution in [2.45, 2.75) is 13.0 Å². The Kier molecular flexibility index (Phi) is 7.21. The quantitative estimate of drug-likeness (QED) is 0.680. The van der Waals surface area contributed by atoms with Gasteiger partial charge in [0.25, 0.3) is 0 Å². The molecule has 1 aromatic rings. The van der Waals surface area contributed by atoms with E-state index in [1.807, 2.05) is 30.3 Å². The summed E-state index contributed by atoms with van der Waals surface area (Å²) < 4.78 is 10.1. The first-order chi connectivity index (χ1) is 11.7. The molecule has 0 N–H and O–H groups in total. The van der Waals surface area contributed by atoms with Crippen LogP contribution in [-0.4, -0.2) is 68.7 Å². The van der Waals surface area contributed by atoms with Crippen molar-refractivity contribution in [3.8, 4) is 0 Å². The highest BCUT2D eigenvalue weighted by molar-refractivity contribution is 5.89. The van der Waals surface area contributed by atoms with Gasteiger partial charge in [-0.25, -0.2) is 0 Å². The van der Waals surface area contributed by atoms with Crippen LogP contribution in [-0.2, 0) is 25.6 Å². The fourth-order valence-corrected chi connectivity index (χ4v) is 2.89. The van der Waals surface area contributed by atoms with Gasteiger partial charge < -0.3 is 19.3 Å². The first-order valence-corrected chi connectivity index (χ1v) is 8.24. The van der Waals surface area contributed by atoms with Crippen LogP contribution in [0.5, 0.6) is 0 Å². The van der Waals surface area contributed by atoms with E-state index in [0.717, 1.165) is 5.56 Å². The lowest BCUT2D eigenvalue weighted by Gasteiger charge is -2.25. The van der Waals surface area contributed by atoms with Crippen LogP contribution in [0.4, 0.5) is 0 Å². The number of nitrogens with zero attached hydrogens (tertiary/aromatic N) is 2. The third kappa shape index (κ3) is 5.04. The van der Waals surface area contributed by atoms with Crippen molar-refractivity contribution in [1.82, 2.24) is 9.80 Å². The molecule has 1 atom stereocenters. The molecule has 2 rings (SSSR count). The molecule has 0 spiro atoms. The largest absolute Gasteiger partial charge is 0.383 e. The van der Waals surface area contributed by atoms with Crippen LogP contribution < -0.4 is 0 Å². The number of hydrogen-bond donors (Lipinski definition) is 0. The van der Waals surface area contributed by atoms with Gasteiger partial charge in [-0.05, 0) is 5.56 Å². The molecule has 1 aromatic carbocycles. The van der Waals surface area contributed by atoms with Gasteiger partial charge in [0.05, 0.1) is 19.1 Å². The monoisotopic (exact) mass is 334 g/mol. The van der Waals surface area contributed by atoms with Crippen molar-refractivity contribution in [2.24, 2.45) is 5.92 Å². The minimum absolute atomic E-state index is 0.00742. The minimum Gasteiger partial charge on any atom is -0.383 e. The predicted molar refractivity (Wildman–Crippen MR) is 90.3 cm³/mol. The SMILES string of the molecule is COCCN(CCOC)C(=O)C1CC(=O)N(Cc2ccccc2)C1. The Morgan fingerprint density at radius 3 is 2.38 bits per heavy atom. The van der Waals surface area contributed by atoms with E-state index < -0.39 is 0 Å². The zero-order valence-corrected chi connectivity index (χ0v) is 14.4. The van der Waals surface area contributed by atoms with Crippen LogP contribution in [0, 0.1) is 5.92 Å². The van der Waals surface area contributed by atoms with Gasteiger partial charge >= 0.3 is 0 Å². The molecule has 2 amide bonds. The molecule has 1 saturated heterocycles. The number of ether oxygens (including phenoxy) is 2. The number of hydrogen-bond acceptors (Lipinski definition) is 4. The van der Waals surface area contributed by atoms with Crippen molar-refractivity contribution in [1.29, 1.82) is 0 Å².